The minimum Gasteiger partial charge on any atom is -0.339 e. The fourth-order valence-corrected chi connectivity index (χ4v) is 2.21. The standard InChI is InChI=1S/C13H11N5O2S/c19-10(16-13-15-7-8-21-13)1-2-11-17-12(18-20-11)9-3-5-14-6-4-9/h3-8H,1-2H2,(H,15,16,19). The zero-order valence-corrected chi connectivity index (χ0v) is 11.7. The van der Waals surface area contributed by atoms with Crippen molar-refractivity contribution in [2.45, 2.75) is 12.8 Å². The number of carbonyl (C=O) groups excluding carboxylic acids is 1. The molecule has 0 aliphatic carbocycles. The number of aryl methyl sites for hydroxylation is 1. The highest BCUT2D eigenvalue weighted by molar-refractivity contribution is 7.13. The molecule has 0 aliphatic rings. The van der Waals surface area contributed by atoms with Gasteiger partial charge in [-0.2, -0.15) is 4.98 Å². The van der Waals surface area contributed by atoms with Crippen molar-refractivity contribution in [1.82, 2.24) is 20.1 Å². The maximum Gasteiger partial charge on any atom is 0.227 e. The van der Waals surface area contributed by atoms with Crippen molar-refractivity contribution >= 4 is 22.4 Å². The average molecular weight is 301 g/mol. The van der Waals surface area contributed by atoms with E-state index in [2.05, 4.69) is 25.4 Å². The number of hydrogen-bond donors (Lipinski definition) is 1. The fraction of sp³-hybridized carbons (Fsp3) is 0.154. The molecule has 0 aliphatic heterocycles. The number of anilines is 1. The van der Waals surface area contributed by atoms with Crippen molar-refractivity contribution < 1.29 is 9.32 Å². The zero-order chi connectivity index (χ0) is 14.5. The highest BCUT2D eigenvalue weighted by Gasteiger charge is 2.11. The van der Waals surface area contributed by atoms with Gasteiger partial charge in [0.25, 0.3) is 0 Å². The van der Waals surface area contributed by atoms with Gasteiger partial charge in [-0.3, -0.25) is 9.78 Å². The van der Waals surface area contributed by atoms with Crippen molar-refractivity contribution in [2.24, 2.45) is 0 Å². The molecule has 3 aromatic rings. The van der Waals surface area contributed by atoms with Gasteiger partial charge in [-0.15, -0.1) is 11.3 Å². The minimum absolute atomic E-state index is 0.131. The molecule has 0 bridgehead atoms. The Kier molecular flexibility index (Phi) is 3.97. The molecular formula is C13H11N5O2S. The molecule has 3 aromatic heterocycles. The third-order valence-corrected chi connectivity index (χ3v) is 3.34. The van der Waals surface area contributed by atoms with E-state index in [1.807, 2.05) is 0 Å². The van der Waals surface area contributed by atoms with Crippen LogP contribution < -0.4 is 5.32 Å². The highest BCUT2D eigenvalue weighted by atomic mass is 32.1. The first kappa shape index (κ1) is 13.4. The first-order chi connectivity index (χ1) is 10.3. The molecule has 1 amide bonds. The molecule has 106 valence electrons. The van der Waals surface area contributed by atoms with Crippen LogP contribution in [0.25, 0.3) is 11.4 Å². The molecule has 0 radical (unpaired) electrons. The van der Waals surface area contributed by atoms with Gasteiger partial charge in [0.15, 0.2) is 5.13 Å². The summed E-state index contributed by atoms with van der Waals surface area (Å²) in [5.41, 5.74) is 0.826. The first-order valence-corrected chi connectivity index (χ1v) is 7.11. The largest absolute Gasteiger partial charge is 0.339 e. The molecule has 0 fully saturated rings. The third kappa shape index (κ3) is 3.48. The van der Waals surface area contributed by atoms with Crippen molar-refractivity contribution in [1.29, 1.82) is 0 Å². The van der Waals surface area contributed by atoms with Crippen LogP contribution >= 0.6 is 11.3 Å². The summed E-state index contributed by atoms with van der Waals surface area (Å²) < 4.78 is 5.13. The molecule has 21 heavy (non-hydrogen) atoms. The third-order valence-electron chi connectivity index (χ3n) is 2.65. The summed E-state index contributed by atoms with van der Waals surface area (Å²) in [4.78, 5) is 23.9. The van der Waals surface area contributed by atoms with Crippen LogP contribution in [0.2, 0.25) is 0 Å². The number of pyridine rings is 1. The summed E-state index contributed by atoms with van der Waals surface area (Å²) in [7, 11) is 0. The molecule has 8 heteroatoms. The van der Waals surface area contributed by atoms with Gasteiger partial charge in [-0.25, -0.2) is 4.98 Å². The summed E-state index contributed by atoms with van der Waals surface area (Å²) in [6.45, 7) is 0. The summed E-state index contributed by atoms with van der Waals surface area (Å²) in [5.74, 6) is 0.789. The lowest BCUT2D eigenvalue weighted by atomic mass is 10.2. The molecule has 0 aromatic carbocycles. The van der Waals surface area contributed by atoms with Gasteiger partial charge < -0.3 is 9.84 Å². The Balaban J connectivity index is 1.56. The Bertz CT molecular complexity index is 711. The van der Waals surface area contributed by atoms with Crippen LogP contribution in [0.15, 0.2) is 40.6 Å². The Morgan fingerprint density at radius 2 is 2.14 bits per heavy atom. The topological polar surface area (TPSA) is 93.8 Å². The normalized spacial score (nSPS) is 10.5. The predicted molar refractivity (Wildman–Crippen MR) is 76.6 cm³/mol. The molecule has 0 unspecified atom stereocenters. The summed E-state index contributed by atoms with van der Waals surface area (Å²) in [6.07, 6.45) is 5.60. The summed E-state index contributed by atoms with van der Waals surface area (Å²) in [5, 5.41) is 8.97. The number of nitrogens with one attached hydrogen (secondary N) is 1. The second-order valence-electron chi connectivity index (χ2n) is 4.13. The maximum absolute atomic E-state index is 11.7. The number of rotatable bonds is 5. The fourth-order valence-electron chi connectivity index (χ4n) is 1.66. The minimum atomic E-state index is -0.131. The van der Waals surface area contributed by atoms with Gasteiger partial charge in [0.2, 0.25) is 17.6 Å². The van der Waals surface area contributed by atoms with E-state index in [1.54, 1.807) is 36.1 Å². The molecule has 3 heterocycles. The maximum atomic E-state index is 11.7. The van der Waals surface area contributed by atoms with Crippen molar-refractivity contribution in [3.63, 3.8) is 0 Å². The number of hydrogen-bond acceptors (Lipinski definition) is 7. The Morgan fingerprint density at radius 3 is 2.90 bits per heavy atom. The van der Waals surface area contributed by atoms with Crippen molar-refractivity contribution in [3.05, 3.63) is 42.0 Å². The van der Waals surface area contributed by atoms with Crippen molar-refractivity contribution in [2.75, 3.05) is 5.32 Å². The van der Waals surface area contributed by atoms with E-state index in [0.29, 0.717) is 23.3 Å². The lowest BCUT2D eigenvalue weighted by Crippen LogP contribution is -2.12. The molecule has 0 spiro atoms. The van der Waals surface area contributed by atoms with Crippen LogP contribution in [0.4, 0.5) is 5.13 Å². The highest BCUT2D eigenvalue weighted by Crippen LogP contribution is 2.15. The van der Waals surface area contributed by atoms with E-state index >= 15 is 0 Å². The van der Waals surface area contributed by atoms with Gasteiger partial charge in [0.05, 0.1) is 0 Å². The van der Waals surface area contributed by atoms with Gasteiger partial charge in [-0.05, 0) is 12.1 Å². The lowest BCUT2D eigenvalue weighted by Gasteiger charge is -1.98. The van der Waals surface area contributed by atoms with E-state index in [1.165, 1.54) is 11.3 Å². The van der Waals surface area contributed by atoms with Gasteiger partial charge in [0, 0.05) is 42.4 Å². The monoisotopic (exact) mass is 301 g/mol. The molecule has 7 nitrogen and oxygen atoms in total. The Hall–Kier alpha value is -2.61. The quantitative estimate of drug-likeness (QED) is 0.776. The SMILES string of the molecule is O=C(CCc1nc(-c2ccncc2)no1)Nc1nccs1. The summed E-state index contributed by atoms with van der Waals surface area (Å²) >= 11 is 1.37. The van der Waals surface area contributed by atoms with Crippen LogP contribution in [0, 0.1) is 0 Å². The molecule has 3 rings (SSSR count). The van der Waals surface area contributed by atoms with E-state index in [0.717, 1.165) is 5.56 Å². The van der Waals surface area contributed by atoms with Crippen LogP contribution in [-0.4, -0.2) is 26.0 Å². The Morgan fingerprint density at radius 1 is 1.29 bits per heavy atom. The molecule has 0 atom stereocenters. The number of aromatic nitrogens is 4. The van der Waals surface area contributed by atoms with Crippen LogP contribution in [-0.2, 0) is 11.2 Å². The Labute approximate surface area is 124 Å². The smallest absolute Gasteiger partial charge is 0.227 e. The number of amides is 1. The van der Waals surface area contributed by atoms with E-state index in [9.17, 15) is 4.79 Å². The van der Waals surface area contributed by atoms with Gasteiger partial charge in [-0.1, -0.05) is 5.16 Å². The molecule has 0 saturated carbocycles. The predicted octanol–water partition coefficient (Wildman–Crippen LogP) is 2.16. The zero-order valence-electron chi connectivity index (χ0n) is 10.9. The number of thiazole rings is 1. The lowest BCUT2D eigenvalue weighted by molar-refractivity contribution is -0.116. The number of nitrogens with zero attached hydrogens (tertiary/aromatic N) is 4. The molecule has 1 N–H and O–H groups in total. The summed E-state index contributed by atoms with van der Waals surface area (Å²) in [6, 6.07) is 3.59. The van der Waals surface area contributed by atoms with E-state index in [-0.39, 0.29) is 12.3 Å². The van der Waals surface area contributed by atoms with E-state index in [4.69, 9.17) is 4.52 Å². The second-order valence-corrected chi connectivity index (χ2v) is 5.03. The average Bonchev–Trinajstić information content (AvgIpc) is 3.17. The van der Waals surface area contributed by atoms with Gasteiger partial charge >= 0.3 is 0 Å². The van der Waals surface area contributed by atoms with Crippen LogP contribution in [0.5, 0.6) is 0 Å². The van der Waals surface area contributed by atoms with Gasteiger partial charge in [0.1, 0.15) is 0 Å². The molecule has 0 saturated heterocycles. The molecular weight excluding hydrogens is 290 g/mol. The second kappa shape index (κ2) is 6.23. The van der Waals surface area contributed by atoms with Crippen LogP contribution in [0.3, 0.4) is 0 Å². The van der Waals surface area contributed by atoms with Crippen LogP contribution in [0.1, 0.15) is 12.3 Å². The number of carbonyl (C=O) groups is 1. The van der Waals surface area contributed by atoms with E-state index < -0.39 is 0 Å². The van der Waals surface area contributed by atoms with Crippen molar-refractivity contribution in [3.8, 4) is 11.4 Å². The first-order valence-electron chi connectivity index (χ1n) is 6.23.